The average Bonchev–Trinajstić information content (AvgIpc) is 3.02. The number of carbonyl (C=O) groups excluding carboxylic acids is 2. The number of thioether (sulfide) groups is 1. The molecule has 2 amide bonds. The number of carbonyl (C=O) groups is 2. The molecule has 0 bridgehead atoms. The second kappa shape index (κ2) is 9.27. The molecule has 0 saturated carbocycles. The lowest BCUT2D eigenvalue weighted by Gasteiger charge is -2.11. The Morgan fingerprint density at radius 2 is 1.90 bits per heavy atom. The lowest BCUT2D eigenvalue weighted by Crippen LogP contribution is -2.34. The number of fused-ring (bicyclic) bond motifs is 1. The minimum atomic E-state index is -4.14. The normalized spacial score (nSPS) is 13.5. The van der Waals surface area contributed by atoms with Gasteiger partial charge in [0.1, 0.15) is 9.95 Å². The molecule has 160 valence electrons. The van der Waals surface area contributed by atoms with Crippen molar-refractivity contribution in [1.82, 2.24) is 4.72 Å². The molecule has 0 spiro atoms. The highest BCUT2D eigenvalue weighted by Crippen LogP contribution is 2.32. The van der Waals surface area contributed by atoms with Gasteiger partial charge in [0.2, 0.25) is 5.78 Å². The number of Topliss-reactive ketones (excluding diaryl/α,β-unsaturated/α-hetero) is 1. The zero-order chi connectivity index (χ0) is 22.8. The Hall–Kier alpha value is -2.59. The maximum atomic E-state index is 12.6. The predicted octanol–water partition coefficient (Wildman–Crippen LogP) is 5.41. The van der Waals surface area contributed by atoms with Crippen molar-refractivity contribution in [2.75, 3.05) is 5.32 Å². The van der Waals surface area contributed by atoms with E-state index < -0.39 is 16.1 Å². The van der Waals surface area contributed by atoms with E-state index in [9.17, 15) is 18.0 Å². The third-order valence-electron chi connectivity index (χ3n) is 4.02. The lowest BCUT2D eigenvalue weighted by atomic mass is 10.0. The van der Waals surface area contributed by atoms with Crippen LogP contribution in [0.1, 0.15) is 22.8 Å². The maximum Gasteiger partial charge on any atom is 0.333 e. The van der Waals surface area contributed by atoms with E-state index in [2.05, 4.69) is 16.9 Å². The van der Waals surface area contributed by atoms with Crippen LogP contribution in [0.3, 0.4) is 0 Å². The van der Waals surface area contributed by atoms with Crippen LogP contribution in [-0.4, -0.2) is 25.9 Å². The smallest absolute Gasteiger partial charge is 0.307 e. The van der Waals surface area contributed by atoms with E-state index in [0.717, 1.165) is 0 Å². The fraction of sp³-hybridized carbons (Fsp3) is 0.0500. The molecule has 0 aliphatic carbocycles. The molecule has 0 aromatic heterocycles. The summed E-state index contributed by atoms with van der Waals surface area (Å²) in [6.45, 7) is 4.91. The van der Waals surface area contributed by atoms with Gasteiger partial charge in [-0.2, -0.15) is 0 Å². The summed E-state index contributed by atoms with van der Waals surface area (Å²) in [5.41, 5.74) is 1.86. The molecule has 0 saturated heterocycles. The van der Waals surface area contributed by atoms with Crippen LogP contribution < -0.4 is 10.0 Å². The van der Waals surface area contributed by atoms with Crippen LogP contribution in [-0.2, 0) is 10.0 Å². The first-order valence-electron chi connectivity index (χ1n) is 8.67. The SMILES string of the molecule is C=C(Cl)S/C(=C\C)S(=O)(=O)NC(=O)Nc1ccc(C2=Nc3ccccc3C2=O)c(Cl)c1. The van der Waals surface area contributed by atoms with Gasteiger partial charge in [0.25, 0.3) is 10.0 Å². The number of hydrogen-bond acceptors (Lipinski definition) is 6. The van der Waals surface area contributed by atoms with E-state index in [0.29, 0.717) is 28.6 Å². The van der Waals surface area contributed by atoms with Crippen LogP contribution in [0, 0.1) is 0 Å². The van der Waals surface area contributed by atoms with Crippen LogP contribution in [0.25, 0.3) is 0 Å². The van der Waals surface area contributed by atoms with E-state index in [1.165, 1.54) is 31.2 Å². The highest BCUT2D eigenvalue weighted by atomic mass is 35.5. The minimum Gasteiger partial charge on any atom is -0.307 e. The van der Waals surface area contributed by atoms with E-state index in [1.54, 1.807) is 24.3 Å². The van der Waals surface area contributed by atoms with E-state index >= 15 is 0 Å². The number of sulfonamides is 1. The number of nitrogens with one attached hydrogen (secondary N) is 2. The third-order valence-corrected chi connectivity index (χ3v) is 7.35. The summed E-state index contributed by atoms with van der Waals surface area (Å²) >= 11 is 12.6. The predicted molar refractivity (Wildman–Crippen MR) is 126 cm³/mol. The largest absolute Gasteiger partial charge is 0.333 e. The highest BCUT2D eigenvalue weighted by molar-refractivity contribution is 8.21. The first-order valence-corrected chi connectivity index (χ1v) is 11.7. The number of ketones is 1. The van der Waals surface area contributed by atoms with Gasteiger partial charge >= 0.3 is 6.03 Å². The molecular formula is C20H15Cl2N3O4S2. The van der Waals surface area contributed by atoms with Crippen molar-refractivity contribution in [2.24, 2.45) is 4.99 Å². The molecule has 3 rings (SSSR count). The zero-order valence-corrected chi connectivity index (χ0v) is 19.1. The second-order valence-corrected chi connectivity index (χ2v) is 10.3. The number of rotatable bonds is 6. The number of allylic oxidation sites excluding steroid dienone is 1. The van der Waals surface area contributed by atoms with Crippen molar-refractivity contribution < 1.29 is 18.0 Å². The monoisotopic (exact) mass is 495 g/mol. The summed E-state index contributed by atoms with van der Waals surface area (Å²) in [5, 5.41) is 2.56. The van der Waals surface area contributed by atoms with Gasteiger partial charge in [-0.15, -0.1) is 0 Å². The number of amides is 2. The third kappa shape index (κ3) is 5.19. The molecule has 0 fully saturated rings. The standard InChI is InChI=1S/C20H15Cl2N3O4S2/c1-3-17(30-11(2)21)31(28,29)25-20(27)23-12-8-9-13(15(22)10-12)18-19(26)14-6-4-5-7-16(14)24-18/h3-10H,2H2,1H3,(H2,23,25,27)/b17-3+. The lowest BCUT2D eigenvalue weighted by molar-refractivity contribution is 0.107. The number of benzene rings is 2. The fourth-order valence-corrected chi connectivity index (χ4v) is 5.30. The molecule has 2 N–H and O–H groups in total. The topological polar surface area (TPSA) is 105 Å². The van der Waals surface area contributed by atoms with E-state index in [-0.39, 0.29) is 30.8 Å². The molecule has 7 nitrogen and oxygen atoms in total. The van der Waals surface area contributed by atoms with Crippen molar-refractivity contribution >= 4 is 73.9 Å². The first kappa shape index (κ1) is 23.1. The Balaban J connectivity index is 1.75. The number of para-hydroxylation sites is 1. The van der Waals surface area contributed by atoms with Gasteiger partial charge in [0, 0.05) is 16.8 Å². The van der Waals surface area contributed by atoms with Crippen molar-refractivity contribution in [3.05, 3.63) is 79.9 Å². The average molecular weight is 496 g/mol. The van der Waals surface area contributed by atoms with Crippen molar-refractivity contribution in [2.45, 2.75) is 6.92 Å². The molecule has 2 aromatic carbocycles. The Morgan fingerprint density at radius 3 is 2.52 bits per heavy atom. The molecular weight excluding hydrogens is 481 g/mol. The summed E-state index contributed by atoms with van der Waals surface area (Å²) in [7, 11) is -4.14. The quantitative estimate of drug-likeness (QED) is 0.556. The Labute approximate surface area is 193 Å². The second-order valence-electron chi connectivity index (χ2n) is 6.13. The molecule has 0 unspecified atom stereocenters. The summed E-state index contributed by atoms with van der Waals surface area (Å²) in [4.78, 5) is 29.1. The van der Waals surface area contributed by atoms with Crippen molar-refractivity contribution in [3.8, 4) is 0 Å². The summed E-state index contributed by atoms with van der Waals surface area (Å²) in [5.74, 6) is -0.251. The minimum absolute atomic E-state index is 0.0350. The Morgan fingerprint density at radius 1 is 1.19 bits per heavy atom. The molecule has 31 heavy (non-hydrogen) atoms. The maximum absolute atomic E-state index is 12.6. The molecule has 1 heterocycles. The van der Waals surface area contributed by atoms with Gasteiger partial charge in [-0.25, -0.2) is 22.9 Å². The van der Waals surface area contributed by atoms with Crippen molar-refractivity contribution in [3.63, 3.8) is 0 Å². The zero-order valence-electron chi connectivity index (χ0n) is 16.0. The van der Waals surface area contributed by atoms with Crippen LogP contribution in [0.5, 0.6) is 0 Å². The van der Waals surface area contributed by atoms with Gasteiger partial charge < -0.3 is 5.32 Å². The summed E-state index contributed by atoms with van der Waals surface area (Å²) in [6.07, 6.45) is 1.29. The van der Waals surface area contributed by atoms with Gasteiger partial charge in [-0.1, -0.05) is 59.8 Å². The molecule has 0 atom stereocenters. The van der Waals surface area contributed by atoms with Crippen LogP contribution in [0.4, 0.5) is 16.2 Å². The fourth-order valence-electron chi connectivity index (χ4n) is 2.74. The number of nitrogens with zero attached hydrogens (tertiary/aromatic N) is 1. The molecule has 1 aliphatic heterocycles. The number of halogens is 2. The van der Waals surface area contributed by atoms with E-state index in [4.69, 9.17) is 23.2 Å². The molecule has 11 heteroatoms. The molecule has 1 aliphatic rings. The number of aliphatic imine (C=N–C) groups is 1. The summed E-state index contributed by atoms with van der Waals surface area (Å²) in [6, 6.07) is 10.3. The van der Waals surface area contributed by atoms with Crippen molar-refractivity contribution in [1.29, 1.82) is 0 Å². The van der Waals surface area contributed by atoms with Gasteiger partial charge in [0.15, 0.2) is 0 Å². The van der Waals surface area contributed by atoms with Crippen LogP contribution in [0.15, 0.2) is 68.7 Å². The Bertz CT molecular complexity index is 1270. The number of hydrogen-bond donors (Lipinski definition) is 2. The number of anilines is 1. The molecule has 0 radical (unpaired) electrons. The van der Waals surface area contributed by atoms with E-state index in [1.807, 2.05) is 4.72 Å². The molecule has 2 aromatic rings. The van der Waals surface area contributed by atoms with Gasteiger partial charge in [-0.3, -0.25) is 4.79 Å². The first-order chi connectivity index (χ1) is 14.6. The Kier molecular flexibility index (Phi) is 6.90. The van der Waals surface area contributed by atoms with Gasteiger partial charge in [-0.05, 0) is 37.3 Å². The summed E-state index contributed by atoms with van der Waals surface area (Å²) < 4.78 is 26.3. The van der Waals surface area contributed by atoms with Crippen LogP contribution >= 0.6 is 35.0 Å². The number of urea groups is 1. The van der Waals surface area contributed by atoms with Gasteiger partial charge in [0.05, 0.1) is 15.1 Å². The van der Waals surface area contributed by atoms with Crippen LogP contribution in [0.2, 0.25) is 5.02 Å². The highest BCUT2D eigenvalue weighted by Gasteiger charge is 2.27.